The fourth-order valence-corrected chi connectivity index (χ4v) is 4.56. The lowest BCUT2D eigenvalue weighted by molar-refractivity contribution is -0.160. The molecular formula is C23H32N2O3S. The molecule has 0 saturated heterocycles. The van der Waals surface area contributed by atoms with Crippen LogP contribution in [0.2, 0.25) is 0 Å². The number of carbonyl (C=O) groups excluding carboxylic acids is 1. The second kappa shape index (κ2) is 9.33. The number of pyridine rings is 1. The zero-order valence-electron chi connectivity index (χ0n) is 17.9. The van der Waals surface area contributed by atoms with Crippen LogP contribution in [-0.4, -0.2) is 22.4 Å². The quantitative estimate of drug-likeness (QED) is 0.705. The van der Waals surface area contributed by atoms with Gasteiger partial charge in [0, 0.05) is 17.3 Å². The van der Waals surface area contributed by atoms with E-state index in [0.717, 1.165) is 60.7 Å². The zero-order valence-corrected chi connectivity index (χ0v) is 18.8. The summed E-state index contributed by atoms with van der Waals surface area (Å²) in [7, 11) is 0. The number of hydrogen-bond acceptors (Lipinski definition) is 5. The molecule has 1 aliphatic carbocycles. The Balaban J connectivity index is 1.83. The van der Waals surface area contributed by atoms with E-state index < -0.39 is 5.60 Å². The highest BCUT2D eigenvalue weighted by atomic mass is 32.2. The fraction of sp³-hybridized carbons (Fsp3) is 0.609. The normalized spacial score (nSPS) is 22.7. The molecule has 3 rings (SSSR count). The van der Waals surface area contributed by atoms with E-state index in [-0.39, 0.29) is 23.5 Å². The number of rotatable bonds is 3. The van der Waals surface area contributed by atoms with E-state index >= 15 is 0 Å². The van der Waals surface area contributed by atoms with Crippen molar-refractivity contribution < 1.29 is 9.53 Å². The molecule has 0 unspecified atom stereocenters. The Morgan fingerprint density at radius 2 is 1.83 bits per heavy atom. The van der Waals surface area contributed by atoms with Crippen molar-refractivity contribution in [1.29, 1.82) is 0 Å². The van der Waals surface area contributed by atoms with Crippen LogP contribution in [0.1, 0.15) is 71.8 Å². The number of fused-ring (bicyclic) bond motifs is 1. The minimum Gasteiger partial charge on any atom is -0.460 e. The van der Waals surface area contributed by atoms with Crippen LogP contribution in [0.25, 0.3) is 6.08 Å². The molecule has 0 bridgehead atoms. The number of esters is 1. The molecule has 1 saturated carbocycles. The predicted molar refractivity (Wildman–Crippen MR) is 118 cm³/mol. The monoisotopic (exact) mass is 416 g/mol. The average Bonchev–Trinajstić information content (AvgIpc) is 2.83. The van der Waals surface area contributed by atoms with Crippen molar-refractivity contribution in [2.75, 3.05) is 6.26 Å². The standard InChI is InChI=1S/C23H32N2O3S/c1-23(2,3)28-22(27)17-9-5-11-18(12-6-10-17)25-20(26)15-14-16-8-7-13-19(29-4)24-21(16)25/h8,13-15,17-18H,5-7,9-12H2,1-4H3. The van der Waals surface area contributed by atoms with E-state index in [1.54, 1.807) is 17.8 Å². The van der Waals surface area contributed by atoms with Gasteiger partial charge in [-0.1, -0.05) is 18.9 Å². The molecule has 1 aromatic heterocycles. The Morgan fingerprint density at radius 1 is 1.14 bits per heavy atom. The Morgan fingerprint density at radius 3 is 2.45 bits per heavy atom. The summed E-state index contributed by atoms with van der Waals surface area (Å²) in [6.07, 6.45) is 12.3. The molecule has 0 N–H and O–H groups in total. The van der Waals surface area contributed by atoms with Gasteiger partial charge in [0.15, 0.2) is 0 Å². The molecule has 2 aliphatic rings. The van der Waals surface area contributed by atoms with Crippen molar-refractivity contribution in [3.8, 4) is 0 Å². The summed E-state index contributed by atoms with van der Waals surface area (Å²) in [4.78, 5) is 30.1. The Hall–Kier alpha value is -1.82. The molecular weight excluding hydrogens is 384 g/mol. The highest BCUT2D eigenvalue weighted by Crippen LogP contribution is 2.29. The lowest BCUT2D eigenvalue weighted by Gasteiger charge is -2.28. The van der Waals surface area contributed by atoms with Crippen molar-refractivity contribution in [1.82, 2.24) is 4.57 Å². The van der Waals surface area contributed by atoms with Crippen LogP contribution < -0.4 is 16.3 Å². The Kier molecular flexibility index (Phi) is 7.04. The van der Waals surface area contributed by atoms with E-state index in [2.05, 4.69) is 12.2 Å². The van der Waals surface area contributed by atoms with Crippen LogP contribution in [-0.2, 0) is 9.53 Å². The number of aromatic nitrogens is 1. The summed E-state index contributed by atoms with van der Waals surface area (Å²) in [6.45, 7) is 5.74. The highest BCUT2D eigenvalue weighted by molar-refractivity contribution is 8.02. The van der Waals surface area contributed by atoms with Gasteiger partial charge in [-0.05, 0) is 71.3 Å². The molecule has 1 aliphatic heterocycles. The molecule has 1 fully saturated rings. The molecule has 0 aromatic carbocycles. The number of hydrogen-bond donors (Lipinski definition) is 0. The van der Waals surface area contributed by atoms with Crippen molar-refractivity contribution in [3.63, 3.8) is 0 Å². The number of allylic oxidation sites excluding steroid dienone is 1. The first-order valence-corrected chi connectivity index (χ1v) is 11.8. The molecule has 0 radical (unpaired) electrons. The summed E-state index contributed by atoms with van der Waals surface area (Å²) in [5.74, 6) is -0.120. The molecule has 5 nitrogen and oxygen atoms in total. The third-order valence-corrected chi connectivity index (χ3v) is 6.15. The van der Waals surface area contributed by atoms with Gasteiger partial charge in [0.2, 0.25) is 0 Å². The van der Waals surface area contributed by atoms with Gasteiger partial charge in [-0.2, -0.15) is 0 Å². The first-order chi connectivity index (χ1) is 13.8. The Bertz CT molecular complexity index is 946. The van der Waals surface area contributed by atoms with Gasteiger partial charge < -0.3 is 4.74 Å². The van der Waals surface area contributed by atoms with E-state index in [4.69, 9.17) is 9.73 Å². The summed E-state index contributed by atoms with van der Waals surface area (Å²) in [6, 6.07) is 3.67. The molecule has 158 valence electrons. The smallest absolute Gasteiger partial charge is 0.309 e. The number of ether oxygens (including phenoxy) is 1. The maximum Gasteiger partial charge on any atom is 0.309 e. The average molecular weight is 417 g/mol. The topological polar surface area (TPSA) is 60.7 Å². The largest absolute Gasteiger partial charge is 0.460 e. The van der Waals surface area contributed by atoms with Crippen LogP contribution in [0, 0.1) is 5.92 Å². The van der Waals surface area contributed by atoms with Gasteiger partial charge in [0.25, 0.3) is 5.56 Å². The van der Waals surface area contributed by atoms with Crippen molar-refractivity contribution >= 4 is 23.8 Å². The predicted octanol–water partition coefficient (Wildman–Crippen LogP) is 3.71. The molecule has 6 heteroatoms. The van der Waals surface area contributed by atoms with Crippen LogP contribution >= 0.6 is 11.8 Å². The molecule has 0 amide bonds. The van der Waals surface area contributed by atoms with Gasteiger partial charge >= 0.3 is 5.97 Å². The maximum atomic E-state index is 12.8. The van der Waals surface area contributed by atoms with Crippen LogP contribution in [0.3, 0.4) is 0 Å². The highest BCUT2D eigenvalue weighted by Gasteiger charge is 2.27. The summed E-state index contributed by atoms with van der Waals surface area (Å²) >= 11 is 1.61. The zero-order chi connectivity index (χ0) is 21.0. The molecule has 29 heavy (non-hydrogen) atoms. The van der Waals surface area contributed by atoms with Crippen LogP contribution in [0.4, 0.5) is 0 Å². The van der Waals surface area contributed by atoms with E-state index in [1.807, 2.05) is 37.7 Å². The van der Waals surface area contributed by atoms with E-state index in [9.17, 15) is 9.59 Å². The van der Waals surface area contributed by atoms with Crippen molar-refractivity contribution in [3.05, 3.63) is 44.3 Å². The fourth-order valence-electron chi connectivity index (χ4n) is 4.12. The minimum atomic E-state index is -0.447. The number of nitrogens with zero attached hydrogens (tertiary/aromatic N) is 2. The van der Waals surface area contributed by atoms with Gasteiger partial charge in [-0.15, -0.1) is 11.8 Å². The lowest BCUT2D eigenvalue weighted by Crippen LogP contribution is -2.45. The first kappa shape index (κ1) is 21.9. The maximum absolute atomic E-state index is 12.8. The van der Waals surface area contributed by atoms with Gasteiger partial charge in [0.1, 0.15) is 11.1 Å². The van der Waals surface area contributed by atoms with E-state index in [1.165, 1.54) is 0 Å². The SMILES string of the molecule is CSC1=CCC=c2ccc(=O)n(C3CCCC(C(=O)OC(C)(C)C)CCC3)c2=N1. The lowest BCUT2D eigenvalue weighted by atomic mass is 9.88. The Labute approximate surface area is 176 Å². The second-order valence-electron chi connectivity index (χ2n) is 8.86. The summed E-state index contributed by atoms with van der Waals surface area (Å²) in [5, 5.41) is 1.98. The van der Waals surface area contributed by atoms with Crippen LogP contribution in [0.5, 0.6) is 0 Å². The molecule has 0 spiro atoms. The molecule has 0 atom stereocenters. The van der Waals surface area contributed by atoms with Gasteiger partial charge in [-0.25, -0.2) is 4.99 Å². The minimum absolute atomic E-state index is 0.0116. The van der Waals surface area contributed by atoms with Crippen molar-refractivity contribution in [2.24, 2.45) is 10.9 Å². The molecule has 2 heterocycles. The number of thioether (sulfide) groups is 1. The summed E-state index contributed by atoms with van der Waals surface area (Å²) < 4.78 is 7.49. The number of carbonyl (C=O) groups is 1. The van der Waals surface area contributed by atoms with Gasteiger partial charge in [-0.3, -0.25) is 14.2 Å². The third-order valence-electron chi connectivity index (χ3n) is 5.47. The molecule has 1 aromatic rings. The third kappa shape index (κ3) is 5.62. The summed E-state index contributed by atoms with van der Waals surface area (Å²) in [5.41, 5.74) is 0.347. The van der Waals surface area contributed by atoms with E-state index in [0.29, 0.717) is 0 Å². The first-order valence-electron chi connectivity index (χ1n) is 10.6. The van der Waals surface area contributed by atoms with Crippen molar-refractivity contribution in [2.45, 2.75) is 77.4 Å². The van der Waals surface area contributed by atoms with Gasteiger partial charge in [0.05, 0.1) is 10.9 Å². The second-order valence-corrected chi connectivity index (χ2v) is 9.69. The van der Waals surface area contributed by atoms with Crippen LogP contribution in [0.15, 0.2) is 33.0 Å².